The van der Waals surface area contributed by atoms with E-state index in [2.05, 4.69) is 30.1 Å². The summed E-state index contributed by atoms with van der Waals surface area (Å²) in [7, 11) is 0.720. The van der Waals surface area contributed by atoms with Gasteiger partial charge in [-0.05, 0) is 48.5 Å². The van der Waals surface area contributed by atoms with Crippen LogP contribution >= 0.6 is 0 Å². The number of benzene rings is 2. The van der Waals surface area contributed by atoms with Gasteiger partial charge in [-0.25, -0.2) is 0 Å². The molecule has 2 aromatic carbocycles. The summed E-state index contributed by atoms with van der Waals surface area (Å²) in [5.41, 5.74) is 2.60. The number of ether oxygens (including phenoxy) is 1. The van der Waals surface area contributed by atoms with Crippen molar-refractivity contribution < 1.29 is 13.7 Å². The summed E-state index contributed by atoms with van der Waals surface area (Å²) in [5, 5.41) is 3.07. The number of rotatable bonds is 10. The Morgan fingerprint density at radius 1 is 1.14 bits per heavy atom. The Labute approximate surface area is 170 Å². The van der Waals surface area contributed by atoms with Crippen LogP contribution in [0.3, 0.4) is 0 Å². The first kappa shape index (κ1) is 22.1. The van der Waals surface area contributed by atoms with Crippen molar-refractivity contribution in [3.8, 4) is 5.75 Å². The molecule has 0 aromatic heterocycles. The maximum atomic E-state index is 12.7. The summed E-state index contributed by atoms with van der Waals surface area (Å²) >= 11 is 0. The molecule has 152 valence electrons. The van der Waals surface area contributed by atoms with Gasteiger partial charge in [0.05, 0.1) is 13.2 Å². The molecule has 1 N–H and O–H groups in total. The Morgan fingerprint density at radius 3 is 2.50 bits per heavy atom. The molecule has 2 unspecified atom stereocenters. The van der Waals surface area contributed by atoms with Gasteiger partial charge in [-0.15, -0.1) is 0 Å². The van der Waals surface area contributed by atoms with Crippen LogP contribution in [-0.2, 0) is 16.6 Å². The van der Waals surface area contributed by atoms with Crippen LogP contribution in [0.5, 0.6) is 5.75 Å². The van der Waals surface area contributed by atoms with Crippen molar-refractivity contribution in [1.82, 2.24) is 10.2 Å². The second-order valence-corrected chi connectivity index (χ2v) is 8.08. The van der Waals surface area contributed by atoms with Crippen LogP contribution in [-0.4, -0.2) is 48.0 Å². The van der Waals surface area contributed by atoms with E-state index in [9.17, 15) is 9.00 Å². The summed E-state index contributed by atoms with van der Waals surface area (Å²) in [4.78, 5) is 15.0. The quantitative estimate of drug-likeness (QED) is 0.662. The standard InChI is InChI=1S/C22H30N2O3S/c1-5-24(6-2)21(18-10-8-12-20(14-18)27-3)15-23-22(25)19-11-7-9-17(13-19)16-28(4)26/h7-14,21H,5-6,15-16H2,1-4H3,(H,23,25). The van der Waals surface area contributed by atoms with Crippen molar-refractivity contribution >= 4 is 16.7 Å². The molecule has 0 saturated heterocycles. The van der Waals surface area contributed by atoms with Crippen molar-refractivity contribution in [1.29, 1.82) is 0 Å². The lowest BCUT2D eigenvalue weighted by Gasteiger charge is -2.30. The first-order valence-corrected chi connectivity index (χ1v) is 11.3. The molecule has 5 nitrogen and oxygen atoms in total. The normalized spacial score (nSPS) is 13.2. The van der Waals surface area contributed by atoms with E-state index in [1.54, 1.807) is 19.4 Å². The number of hydrogen-bond donors (Lipinski definition) is 1. The summed E-state index contributed by atoms with van der Waals surface area (Å²) in [6, 6.07) is 15.4. The van der Waals surface area contributed by atoms with Gasteiger partial charge in [-0.2, -0.15) is 0 Å². The largest absolute Gasteiger partial charge is 0.497 e. The van der Waals surface area contributed by atoms with Crippen molar-refractivity contribution in [2.24, 2.45) is 0 Å². The van der Waals surface area contributed by atoms with Gasteiger partial charge in [0, 0.05) is 34.9 Å². The average Bonchev–Trinajstić information content (AvgIpc) is 2.70. The number of hydrogen-bond acceptors (Lipinski definition) is 4. The molecule has 0 heterocycles. The molecule has 0 aliphatic rings. The van der Waals surface area contributed by atoms with Crippen molar-refractivity contribution in [3.63, 3.8) is 0 Å². The number of carbonyl (C=O) groups is 1. The van der Waals surface area contributed by atoms with E-state index >= 15 is 0 Å². The Kier molecular flexibility index (Phi) is 8.67. The highest BCUT2D eigenvalue weighted by Gasteiger charge is 2.20. The monoisotopic (exact) mass is 402 g/mol. The van der Waals surface area contributed by atoms with Gasteiger partial charge in [0.2, 0.25) is 0 Å². The zero-order valence-corrected chi connectivity index (χ0v) is 17.9. The van der Waals surface area contributed by atoms with Crippen molar-refractivity contribution in [2.45, 2.75) is 25.6 Å². The van der Waals surface area contributed by atoms with Crippen LogP contribution in [0.1, 0.15) is 41.4 Å². The molecule has 0 aliphatic carbocycles. The third kappa shape index (κ3) is 6.17. The summed E-state index contributed by atoms with van der Waals surface area (Å²) in [6.45, 7) is 6.50. The Bertz CT molecular complexity index is 806. The predicted molar refractivity (Wildman–Crippen MR) is 115 cm³/mol. The molecule has 0 spiro atoms. The Hall–Kier alpha value is -2.18. The van der Waals surface area contributed by atoms with Gasteiger partial charge < -0.3 is 10.1 Å². The second-order valence-electron chi connectivity index (χ2n) is 6.64. The fourth-order valence-corrected chi connectivity index (χ4v) is 3.95. The van der Waals surface area contributed by atoms with Gasteiger partial charge in [-0.3, -0.25) is 13.9 Å². The molecule has 0 bridgehead atoms. The van der Waals surface area contributed by atoms with E-state index in [1.807, 2.05) is 36.4 Å². The predicted octanol–water partition coefficient (Wildman–Crippen LogP) is 3.39. The molecule has 0 fully saturated rings. The lowest BCUT2D eigenvalue weighted by atomic mass is 10.0. The van der Waals surface area contributed by atoms with Gasteiger partial charge in [-0.1, -0.05) is 38.1 Å². The number of amides is 1. The SMILES string of the molecule is CCN(CC)C(CNC(=O)c1cccc(CS(C)=O)c1)c1cccc(OC)c1. The van der Waals surface area contributed by atoms with Crippen LogP contribution in [0.4, 0.5) is 0 Å². The lowest BCUT2D eigenvalue weighted by molar-refractivity contribution is 0.0935. The third-order valence-corrected chi connectivity index (χ3v) is 5.49. The van der Waals surface area contributed by atoms with Gasteiger partial charge in [0.15, 0.2) is 0 Å². The number of methoxy groups -OCH3 is 1. The average molecular weight is 403 g/mol. The summed E-state index contributed by atoms with van der Waals surface area (Å²) in [6.07, 6.45) is 1.66. The fraction of sp³-hybridized carbons (Fsp3) is 0.409. The smallest absolute Gasteiger partial charge is 0.251 e. The Balaban J connectivity index is 2.16. The molecular formula is C22H30N2O3S. The topological polar surface area (TPSA) is 58.6 Å². The highest BCUT2D eigenvalue weighted by Crippen LogP contribution is 2.24. The molecule has 0 radical (unpaired) electrons. The highest BCUT2D eigenvalue weighted by atomic mass is 32.2. The molecule has 0 aliphatic heterocycles. The van der Waals surface area contributed by atoms with Gasteiger partial charge in [0.25, 0.3) is 5.91 Å². The molecule has 1 amide bonds. The van der Waals surface area contributed by atoms with E-state index in [1.165, 1.54) is 0 Å². The van der Waals surface area contributed by atoms with Crippen LogP contribution < -0.4 is 10.1 Å². The van der Waals surface area contributed by atoms with E-state index in [0.717, 1.165) is 30.0 Å². The Morgan fingerprint density at radius 2 is 1.86 bits per heavy atom. The molecular weight excluding hydrogens is 372 g/mol. The first-order chi connectivity index (χ1) is 13.5. The van der Waals surface area contributed by atoms with Crippen LogP contribution in [0.2, 0.25) is 0 Å². The van der Waals surface area contributed by atoms with Crippen LogP contribution in [0.15, 0.2) is 48.5 Å². The zero-order chi connectivity index (χ0) is 20.5. The van der Waals surface area contributed by atoms with Crippen LogP contribution in [0, 0.1) is 0 Å². The maximum Gasteiger partial charge on any atom is 0.251 e. The minimum absolute atomic E-state index is 0.0559. The van der Waals surface area contributed by atoms with Crippen molar-refractivity contribution in [2.75, 3.05) is 33.0 Å². The van der Waals surface area contributed by atoms with Gasteiger partial charge in [0.1, 0.15) is 5.75 Å². The molecule has 2 atom stereocenters. The third-order valence-electron chi connectivity index (χ3n) is 4.75. The number of nitrogens with one attached hydrogen (secondary N) is 1. The molecule has 0 saturated carbocycles. The van der Waals surface area contributed by atoms with Crippen LogP contribution in [0.25, 0.3) is 0 Å². The maximum absolute atomic E-state index is 12.7. The van der Waals surface area contributed by atoms with E-state index in [-0.39, 0.29) is 11.9 Å². The van der Waals surface area contributed by atoms with E-state index in [0.29, 0.717) is 17.9 Å². The van der Waals surface area contributed by atoms with Gasteiger partial charge >= 0.3 is 0 Å². The highest BCUT2D eigenvalue weighted by molar-refractivity contribution is 7.83. The molecule has 28 heavy (non-hydrogen) atoms. The lowest BCUT2D eigenvalue weighted by Crippen LogP contribution is -2.38. The number of carbonyl (C=O) groups excluding carboxylic acids is 1. The molecule has 2 rings (SSSR count). The first-order valence-electron chi connectivity index (χ1n) is 9.53. The summed E-state index contributed by atoms with van der Waals surface area (Å²) in [5.74, 6) is 1.14. The minimum Gasteiger partial charge on any atom is -0.497 e. The zero-order valence-electron chi connectivity index (χ0n) is 17.1. The molecule has 6 heteroatoms. The van der Waals surface area contributed by atoms with E-state index < -0.39 is 10.8 Å². The fourth-order valence-electron chi connectivity index (χ4n) is 3.30. The number of nitrogens with zero attached hydrogens (tertiary/aromatic N) is 1. The van der Waals surface area contributed by atoms with Crippen molar-refractivity contribution in [3.05, 3.63) is 65.2 Å². The minimum atomic E-state index is -0.936. The van der Waals surface area contributed by atoms with E-state index in [4.69, 9.17) is 4.74 Å². The number of likely N-dealkylation sites (N-methyl/N-ethyl adjacent to an activating group) is 1. The second kappa shape index (κ2) is 11.0. The summed E-state index contributed by atoms with van der Waals surface area (Å²) < 4.78 is 16.8. The molecule has 2 aromatic rings.